The van der Waals surface area contributed by atoms with Crippen LogP contribution in [0, 0.1) is 10.1 Å². The van der Waals surface area contributed by atoms with E-state index in [2.05, 4.69) is 0 Å². The van der Waals surface area contributed by atoms with Crippen molar-refractivity contribution in [1.29, 1.82) is 0 Å². The van der Waals surface area contributed by atoms with Crippen LogP contribution in [0.25, 0.3) is 6.08 Å². The van der Waals surface area contributed by atoms with Crippen LogP contribution < -0.4 is 0 Å². The Hall–Kier alpha value is -2.18. The minimum atomic E-state index is -4.65. The largest absolute Gasteiger partial charge is 0.416 e. The zero-order valence-electron chi connectivity index (χ0n) is 8.98. The molecule has 0 aromatic heterocycles. The molecule has 0 amide bonds. The van der Waals surface area contributed by atoms with Gasteiger partial charge in [-0.3, -0.25) is 10.1 Å². The molecule has 0 aliphatic rings. The third-order valence-electron chi connectivity index (χ3n) is 2.02. The number of nitro groups is 1. The number of nitro benzene ring substituents is 1. The molecule has 4 nitrogen and oxygen atoms in total. The fraction of sp³-hybridized carbons (Fsp3) is 0.182. The van der Waals surface area contributed by atoms with Crippen LogP contribution >= 0.6 is 0 Å². The van der Waals surface area contributed by atoms with Gasteiger partial charge in [-0.05, 0) is 11.6 Å². The molecule has 0 aliphatic heterocycles. The molecular weight excluding hydrogens is 251 g/mol. The average Bonchev–Trinajstić information content (AvgIpc) is 2.28. The van der Waals surface area contributed by atoms with E-state index in [0.717, 1.165) is 12.1 Å². The Labute approximate surface area is 99.9 Å². The summed E-state index contributed by atoms with van der Waals surface area (Å²) < 4.78 is 37.5. The molecule has 1 aromatic rings. The van der Waals surface area contributed by atoms with Gasteiger partial charge in [-0.1, -0.05) is 12.2 Å². The molecule has 18 heavy (non-hydrogen) atoms. The van der Waals surface area contributed by atoms with Crippen molar-refractivity contribution in [1.82, 2.24) is 0 Å². The van der Waals surface area contributed by atoms with Crippen molar-refractivity contribution in [3.63, 3.8) is 0 Å². The van der Waals surface area contributed by atoms with Crippen molar-refractivity contribution in [2.75, 3.05) is 0 Å². The van der Waals surface area contributed by atoms with Crippen LogP contribution in [0.4, 0.5) is 18.9 Å². The monoisotopic (exact) mass is 259 g/mol. The molecule has 0 heterocycles. The highest BCUT2D eigenvalue weighted by Crippen LogP contribution is 2.32. The number of aldehydes is 1. The average molecular weight is 259 g/mol. The minimum Gasteiger partial charge on any atom is -0.303 e. The van der Waals surface area contributed by atoms with Gasteiger partial charge in [-0.15, -0.1) is 0 Å². The van der Waals surface area contributed by atoms with Gasteiger partial charge in [0, 0.05) is 18.6 Å². The van der Waals surface area contributed by atoms with Crippen LogP contribution in [-0.2, 0) is 11.0 Å². The molecule has 0 atom stereocenters. The molecule has 1 aromatic carbocycles. The fourth-order valence-electron chi connectivity index (χ4n) is 1.26. The second kappa shape index (κ2) is 5.44. The summed E-state index contributed by atoms with van der Waals surface area (Å²) in [7, 11) is 0. The first-order chi connectivity index (χ1) is 8.34. The van der Waals surface area contributed by atoms with Crippen LogP contribution in [0.3, 0.4) is 0 Å². The molecule has 0 saturated carbocycles. The molecule has 7 heteroatoms. The molecule has 0 aliphatic carbocycles. The summed E-state index contributed by atoms with van der Waals surface area (Å²) in [4.78, 5) is 19.7. The van der Waals surface area contributed by atoms with Crippen LogP contribution in [-0.4, -0.2) is 11.2 Å². The van der Waals surface area contributed by atoms with Gasteiger partial charge in [0.25, 0.3) is 5.69 Å². The van der Waals surface area contributed by atoms with Gasteiger partial charge in [0.15, 0.2) is 0 Å². The number of benzene rings is 1. The van der Waals surface area contributed by atoms with E-state index in [1.54, 1.807) is 0 Å². The number of halogens is 3. The number of carbonyl (C=O) groups is 1. The number of non-ortho nitro benzene ring substituents is 1. The van der Waals surface area contributed by atoms with Gasteiger partial charge in [-0.25, -0.2) is 0 Å². The predicted octanol–water partition coefficient (Wildman–Crippen LogP) is 3.22. The summed E-state index contributed by atoms with van der Waals surface area (Å²) in [5.74, 6) is 0. The maximum absolute atomic E-state index is 12.5. The summed E-state index contributed by atoms with van der Waals surface area (Å²) in [5.41, 5.74) is -1.71. The lowest BCUT2D eigenvalue weighted by atomic mass is 10.1. The smallest absolute Gasteiger partial charge is 0.303 e. The Morgan fingerprint density at radius 1 is 1.28 bits per heavy atom. The van der Waals surface area contributed by atoms with Crippen molar-refractivity contribution >= 4 is 18.0 Å². The summed E-state index contributed by atoms with van der Waals surface area (Å²) in [6.07, 6.45) is -1.50. The van der Waals surface area contributed by atoms with E-state index in [-0.39, 0.29) is 12.0 Å². The van der Waals surface area contributed by atoms with E-state index in [1.807, 2.05) is 0 Å². The number of rotatable bonds is 4. The maximum Gasteiger partial charge on any atom is 0.416 e. The van der Waals surface area contributed by atoms with Crippen molar-refractivity contribution < 1.29 is 22.9 Å². The van der Waals surface area contributed by atoms with Crippen LogP contribution in [0.15, 0.2) is 24.3 Å². The summed E-state index contributed by atoms with van der Waals surface area (Å²) in [5, 5.41) is 10.5. The summed E-state index contributed by atoms with van der Waals surface area (Å²) in [6, 6.07) is 2.27. The highest BCUT2D eigenvalue weighted by atomic mass is 19.4. The van der Waals surface area contributed by atoms with Gasteiger partial charge >= 0.3 is 6.18 Å². The number of alkyl halides is 3. The lowest BCUT2D eigenvalue weighted by Gasteiger charge is -2.07. The molecule has 0 radical (unpaired) electrons. The van der Waals surface area contributed by atoms with E-state index in [9.17, 15) is 28.1 Å². The van der Waals surface area contributed by atoms with Gasteiger partial charge < -0.3 is 4.79 Å². The van der Waals surface area contributed by atoms with Gasteiger partial charge in [0.05, 0.1) is 10.5 Å². The number of carbonyl (C=O) groups excluding carboxylic acids is 1. The third-order valence-corrected chi connectivity index (χ3v) is 2.02. The Morgan fingerprint density at radius 2 is 1.94 bits per heavy atom. The van der Waals surface area contributed by atoms with Crippen LogP contribution in [0.5, 0.6) is 0 Å². The lowest BCUT2D eigenvalue weighted by Crippen LogP contribution is -2.06. The van der Waals surface area contributed by atoms with Crippen molar-refractivity contribution in [2.45, 2.75) is 12.6 Å². The Kier molecular flexibility index (Phi) is 4.19. The molecule has 0 fully saturated rings. The van der Waals surface area contributed by atoms with E-state index < -0.39 is 22.4 Å². The van der Waals surface area contributed by atoms with Crippen molar-refractivity contribution in [3.8, 4) is 0 Å². The number of allylic oxidation sites excluding steroid dienone is 1. The first-order valence-electron chi connectivity index (χ1n) is 4.81. The minimum absolute atomic E-state index is 0.0263. The highest BCUT2D eigenvalue weighted by molar-refractivity contribution is 5.60. The second-order valence-electron chi connectivity index (χ2n) is 3.37. The normalized spacial score (nSPS) is 11.7. The van der Waals surface area contributed by atoms with Crippen molar-refractivity contribution in [2.24, 2.45) is 0 Å². The van der Waals surface area contributed by atoms with Gasteiger partial charge in [0.1, 0.15) is 6.29 Å². The SMILES string of the molecule is O=CCC=Cc1cc([N+](=O)[O-])cc(C(F)(F)F)c1. The molecule has 0 N–H and O–H groups in total. The standard InChI is InChI=1S/C11H8F3NO3/c12-11(13,14)9-5-8(3-1-2-4-16)6-10(7-9)15(17)18/h1,3-7H,2H2. The first-order valence-corrected chi connectivity index (χ1v) is 4.81. The first kappa shape index (κ1) is 13.9. The molecule has 1 rings (SSSR count). The molecular formula is C11H8F3NO3. The number of hydrogen-bond donors (Lipinski definition) is 0. The maximum atomic E-state index is 12.5. The molecule has 0 spiro atoms. The molecule has 96 valence electrons. The molecule has 0 unspecified atom stereocenters. The quantitative estimate of drug-likeness (QED) is 0.474. The Balaban J connectivity index is 3.22. The topological polar surface area (TPSA) is 60.2 Å². The number of nitrogens with zero attached hydrogens (tertiary/aromatic N) is 1. The second-order valence-corrected chi connectivity index (χ2v) is 3.37. The van der Waals surface area contributed by atoms with Gasteiger partial charge in [-0.2, -0.15) is 13.2 Å². The molecule has 0 bridgehead atoms. The van der Waals surface area contributed by atoms with Gasteiger partial charge in [0.2, 0.25) is 0 Å². The van der Waals surface area contributed by atoms with E-state index in [4.69, 9.17) is 0 Å². The van der Waals surface area contributed by atoms with Crippen molar-refractivity contribution in [3.05, 3.63) is 45.5 Å². The van der Waals surface area contributed by atoms with E-state index in [1.165, 1.54) is 12.2 Å². The van der Waals surface area contributed by atoms with E-state index in [0.29, 0.717) is 12.4 Å². The summed E-state index contributed by atoms with van der Waals surface area (Å²) >= 11 is 0. The summed E-state index contributed by atoms with van der Waals surface area (Å²) in [6.45, 7) is 0. The number of hydrogen-bond acceptors (Lipinski definition) is 3. The zero-order chi connectivity index (χ0) is 13.8. The van der Waals surface area contributed by atoms with Crippen LogP contribution in [0.1, 0.15) is 17.5 Å². The predicted molar refractivity (Wildman–Crippen MR) is 57.8 cm³/mol. The fourth-order valence-corrected chi connectivity index (χ4v) is 1.26. The molecule has 0 saturated heterocycles. The zero-order valence-corrected chi connectivity index (χ0v) is 8.98. The van der Waals surface area contributed by atoms with E-state index >= 15 is 0 Å². The Morgan fingerprint density at radius 3 is 2.44 bits per heavy atom. The lowest BCUT2D eigenvalue weighted by molar-refractivity contribution is -0.385. The van der Waals surface area contributed by atoms with Crippen LogP contribution in [0.2, 0.25) is 0 Å². The Bertz CT molecular complexity index is 495. The highest BCUT2D eigenvalue weighted by Gasteiger charge is 2.32. The third kappa shape index (κ3) is 3.69.